The number of carbonyl (C=O) groups excluding carboxylic acids is 1. The lowest BCUT2D eigenvalue weighted by Gasteiger charge is -2.24. The molecule has 0 heterocycles. The van der Waals surface area contributed by atoms with Crippen molar-refractivity contribution in [2.75, 3.05) is 6.61 Å². The fourth-order valence-electron chi connectivity index (χ4n) is 1.36. The summed E-state index contributed by atoms with van der Waals surface area (Å²) in [5.74, 6) is -8.41. The van der Waals surface area contributed by atoms with Crippen molar-refractivity contribution in [3.8, 4) is 5.75 Å². The maximum absolute atomic E-state index is 10.6. The second kappa shape index (κ2) is 5.09. The lowest BCUT2D eigenvalue weighted by Crippen LogP contribution is -2.31. The van der Waals surface area contributed by atoms with Gasteiger partial charge in [0.2, 0.25) is 0 Å². The maximum Gasteiger partial charge on any atom is 0.308 e. The third kappa shape index (κ3) is 3.86. The minimum absolute atomic E-state index is 0.707. The topological polar surface area (TPSA) is 174 Å². The monoisotopic (exact) mass is 275 g/mol. The Hall–Kier alpha value is -1.75. The van der Waals surface area contributed by atoms with Crippen LogP contribution < -0.4 is 10.5 Å². The fourth-order valence-corrected chi connectivity index (χ4v) is 1.36. The molecule has 19 heavy (non-hydrogen) atoms. The molecule has 0 spiro atoms. The van der Waals surface area contributed by atoms with Crippen molar-refractivity contribution < 1.29 is 40.2 Å². The molecular formula is C10H13NO8. The number of primary amides is 1. The molecule has 0 radical (unpaired) electrons. The van der Waals surface area contributed by atoms with E-state index >= 15 is 0 Å². The molecule has 0 saturated carbocycles. The van der Waals surface area contributed by atoms with Crippen LogP contribution in [0.5, 0.6) is 5.75 Å². The fraction of sp³-hybridized carbons (Fsp3) is 0.300. The predicted octanol–water partition coefficient (Wildman–Crippen LogP) is -3.27. The van der Waals surface area contributed by atoms with Gasteiger partial charge >= 0.3 is 11.9 Å². The zero-order chi connectivity index (χ0) is 14.8. The minimum atomic E-state index is -3.38. The summed E-state index contributed by atoms with van der Waals surface area (Å²) < 4.78 is 4.75. The number of carbonyl (C=O) groups is 1. The van der Waals surface area contributed by atoms with Gasteiger partial charge in [-0.3, -0.25) is 4.79 Å². The first-order valence-corrected chi connectivity index (χ1v) is 4.92. The van der Waals surface area contributed by atoms with Gasteiger partial charge in [0.05, 0.1) is 11.1 Å². The molecule has 0 aliphatic rings. The quantitative estimate of drug-likeness (QED) is 0.274. The van der Waals surface area contributed by atoms with Gasteiger partial charge < -0.3 is 41.1 Å². The molecule has 106 valence electrons. The van der Waals surface area contributed by atoms with Gasteiger partial charge in [-0.25, -0.2) is 0 Å². The van der Waals surface area contributed by atoms with E-state index in [0.717, 1.165) is 18.2 Å². The number of amides is 1. The number of rotatable bonds is 5. The number of nitrogens with two attached hydrogens (primary N) is 1. The zero-order valence-corrected chi connectivity index (χ0v) is 9.52. The van der Waals surface area contributed by atoms with Crippen molar-refractivity contribution in [3.63, 3.8) is 0 Å². The van der Waals surface area contributed by atoms with Gasteiger partial charge in [0.25, 0.3) is 5.91 Å². The van der Waals surface area contributed by atoms with Gasteiger partial charge in [0, 0.05) is 0 Å². The number of aliphatic hydroxyl groups is 6. The van der Waals surface area contributed by atoms with E-state index < -0.39 is 41.3 Å². The first-order chi connectivity index (χ1) is 8.53. The normalized spacial score (nSPS) is 12.3. The van der Waals surface area contributed by atoms with E-state index in [4.69, 9.17) is 41.1 Å². The van der Waals surface area contributed by atoms with Crippen molar-refractivity contribution >= 4 is 5.91 Å². The SMILES string of the molecule is NC(=O)COc1c(C(O)(O)O)cccc1C(O)(O)O. The van der Waals surface area contributed by atoms with E-state index in [1.165, 1.54) is 0 Å². The Kier molecular flexibility index (Phi) is 4.10. The van der Waals surface area contributed by atoms with E-state index in [1.807, 2.05) is 0 Å². The molecule has 0 aromatic heterocycles. The Bertz CT molecular complexity index is 441. The average Bonchev–Trinajstić information content (AvgIpc) is 2.23. The number of hydrogen-bond acceptors (Lipinski definition) is 8. The molecule has 0 bridgehead atoms. The summed E-state index contributed by atoms with van der Waals surface area (Å²) in [6.45, 7) is -0.754. The number of para-hydroxylation sites is 1. The lowest BCUT2D eigenvalue weighted by atomic mass is 10.1. The zero-order valence-electron chi connectivity index (χ0n) is 9.52. The Labute approximate surface area is 106 Å². The Morgan fingerprint density at radius 3 is 1.79 bits per heavy atom. The smallest absolute Gasteiger partial charge is 0.308 e. The van der Waals surface area contributed by atoms with Crippen LogP contribution in [-0.2, 0) is 16.7 Å². The van der Waals surface area contributed by atoms with Gasteiger partial charge in [-0.15, -0.1) is 0 Å². The van der Waals surface area contributed by atoms with Crippen molar-refractivity contribution in [1.82, 2.24) is 0 Å². The van der Waals surface area contributed by atoms with E-state index in [0.29, 0.717) is 0 Å². The van der Waals surface area contributed by atoms with Crippen LogP contribution in [0.3, 0.4) is 0 Å². The second-order valence-corrected chi connectivity index (χ2v) is 3.71. The third-order valence-corrected chi connectivity index (χ3v) is 2.10. The summed E-state index contributed by atoms with van der Waals surface area (Å²) in [6, 6.07) is 3.01. The van der Waals surface area contributed by atoms with E-state index in [1.54, 1.807) is 0 Å². The van der Waals surface area contributed by atoms with Crippen LogP contribution in [0.25, 0.3) is 0 Å². The van der Waals surface area contributed by atoms with Crippen molar-refractivity contribution in [2.24, 2.45) is 5.73 Å². The van der Waals surface area contributed by atoms with Crippen molar-refractivity contribution in [1.29, 1.82) is 0 Å². The third-order valence-electron chi connectivity index (χ3n) is 2.10. The highest BCUT2D eigenvalue weighted by Gasteiger charge is 2.34. The van der Waals surface area contributed by atoms with Crippen LogP contribution >= 0.6 is 0 Å². The molecule has 1 aromatic carbocycles. The largest absolute Gasteiger partial charge is 0.483 e. The van der Waals surface area contributed by atoms with Crippen LogP contribution in [0.1, 0.15) is 11.1 Å². The van der Waals surface area contributed by atoms with Gasteiger partial charge in [0.15, 0.2) is 6.61 Å². The van der Waals surface area contributed by atoms with E-state index in [2.05, 4.69) is 0 Å². The first-order valence-electron chi connectivity index (χ1n) is 4.92. The molecule has 1 amide bonds. The standard InChI is InChI=1S/C10H13NO8/c11-7(12)4-19-8-5(9(13,14)15)2-1-3-6(8)10(16,17)18/h1-3,13-18H,4H2,(H2,11,12). The molecule has 0 unspecified atom stereocenters. The summed E-state index contributed by atoms with van der Waals surface area (Å²) in [5.41, 5.74) is 3.39. The van der Waals surface area contributed by atoms with Crippen LogP contribution in [-0.4, -0.2) is 43.2 Å². The van der Waals surface area contributed by atoms with Gasteiger partial charge in [-0.1, -0.05) is 6.07 Å². The first kappa shape index (κ1) is 15.3. The highest BCUT2D eigenvalue weighted by atomic mass is 16.7. The minimum Gasteiger partial charge on any atom is -0.483 e. The molecule has 0 aliphatic carbocycles. The molecule has 9 heteroatoms. The Balaban J connectivity index is 3.37. The summed E-state index contributed by atoms with van der Waals surface area (Å²) in [7, 11) is 0. The summed E-state index contributed by atoms with van der Waals surface area (Å²) in [6.07, 6.45) is 0. The van der Waals surface area contributed by atoms with Crippen LogP contribution in [0.2, 0.25) is 0 Å². The number of benzene rings is 1. The van der Waals surface area contributed by atoms with Crippen molar-refractivity contribution in [3.05, 3.63) is 29.3 Å². The summed E-state index contributed by atoms with van der Waals surface area (Å²) >= 11 is 0. The highest BCUT2D eigenvalue weighted by molar-refractivity contribution is 5.75. The Morgan fingerprint density at radius 2 is 1.47 bits per heavy atom. The molecule has 1 rings (SSSR count). The highest BCUT2D eigenvalue weighted by Crippen LogP contribution is 2.34. The van der Waals surface area contributed by atoms with Crippen molar-refractivity contribution in [2.45, 2.75) is 11.9 Å². The molecule has 0 fully saturated rings. The number of ether oxygens (including phenoxy) is 1. The van der Waals surface area contributed by atoms with Gasteiger partial charge in [-0.05, 0) is 12.1 Å². The molecular weight excluding hydrogens is 262 g/mol. The van der Waals surface area contributed by atoms with Gasteiger partial charge in [-0.2, -0.15) is 0 Å². The molecule has 1 aromatic rings. The lowest BCUT2D eigenvalue weighted by molar-refractivity contribution is -0.328. The van der Waals surface area contributed by atoms with Gasteiger partial charge in [0.1, 0.15) is 5.75 Å². The Morgan fingerprint density at radius 1 is 1.05 bits per heavy atom. The molecule has 0 atom stereocenters. The number of hydrogen-bond donors (Lipinski definition) is 7. The summed E-state index contributed by atoms with van der Waals surface area (Å²) in [4.78, 5) is 10.6. The van der Waals surface area contributed by atoms with Crippen LogP contribution in [0.4, 0.5) is 0 Å². The van der Waals surface area contributed by atoms with Crippen LogP contribution in [0.15, 0.2) is 18.2 Å². The second-order valence-electron chi connectivity index (χ2n) is 3.71. The molecule has 0 aliphatic heterocycles. The summed E-state index contributed by atoms with van der Waals surface area (Å²) in [5, 5.41) is 54.6. The van der Waals surface area contributed by atoms with E-state index in [-0.39, 0.29) is 0 Å². The van der Waals surface area contributed by atoms with E-state index in [9.17, 15) is 4.79 Å². The molecule has 0 saturated heterocycles. The van der Waals surface area contributed by atoms with Crippen LogP contribution in [0, 0.1) is 0 Å². The molecule has 9 nitrogen and oxygen atoms in total. The molecule has 8 N–H and O–H groups in total. The average molecular weight is 275 g/mol. The predicted molar refractivity (Wildman–Crippen MR) is 57.8 cm³/mol. The maximum atomic E-state index is 10.6.